The van der Waals surface area contributed by atoms with Crippen molar-refractivity contribution in [2.24, 2.45) is 11.8 Å². The number of nitrogens with one attached hydrogen (secondary N) is 1. The number of anilines is 1. The topological polar surface area (TPSA) is 146 Å². The molecule has 3 fully saturated rings. The van der Waals surface area contributed by atoms with Crippen molar-refractivity contribution in [3.8, 4) is 0 Å². The number of carbonyl (C=O) groups is 1. The number of likely N-dealkylation sites (N-methyl/N-ethyl adjacent to an activating group) is 1. The first-order valence-corrected chi connectivity index (χ1v) is 10.4. The monoisotopic (exact) mass is 418 g/mol. The fourth-order valence-electron chi connectivity index (χ4n) is 5.14. The third kappa shape index (κ3) is 3.04. The molecule has 1 saturated heterocycles. The predicted octanol–water partition coefficient (Wildman–Crippen LogP) is 0.284. The van der Waals surface area contributed by atoms with E-state index in [2.05, 4.69) is 20.3 Å². The van der Waals surface area contributed by atoms with Crippen LogP contribution in [0.2, 0.25) is 0 Å². The molecule has 2 aromatic rings. The molecule has 0 unspecified atom stereocenters. The average Bonchev–Trinajstić information content (AvgIpc) is 3.52. The highest BCUT2D eigenvalue weighted by Crippen LogP contribution is 2.45. The molecule has 0 aromatic carbocycles. The number of hydroxylamine groups is 2. The lowest BCUT2D eigenvalue weighted by Crippen LogP contribution is -2.43. The number of carbonyl (C=O) groups excluding carboxylic acids is 1. The maximum atomic E-state index is 12.2. The van der Waals surface area contributed by atoms with Crippen LogP contribution in [0.15, 0.2) is 12.7 Å². The van der Waals surface area contributed by atoms with E-state index in [9.17, 15) is 20.2 Å². The highest BCUT2D eigenvalue weighted by molar-refractivity contribution is 5.83. The molecule has 30 heavy (non-hydrogen) atoms. The minimum atomic E-state index is -1.49. The zero-order chi connectivity index (χ0) is 21.0. The number of hydrogen-bond acceptors (Lipinski definition) is 9. The van der Waals surface area contributed by atoms with E-state index in [1.165, 1.54) is 36.5 Å². The number of ether oxygens (including phenoxy) is 1. The van der Waals surface area contributed by atoms with Crippen LogP contribution in [0.5, 0.6) is 0 Å². The van der Waals surface area contributed by atoms with E-state index in [0.29, 0.717) is 34.0 Å². The van der Waals surface area contributed by atoms with Crippen molar-refractivity contribution in [1.82, 2.24) is 24.6 Å². The van der Waals surface area contributed by atoms with Gasteiger partial charge in [-0.05, 0) is 38.0 Å². The number of rotatable bonds is 5. The SMILES string of the molecule is CCN(O)C(=O)[C@H]1O[C@@H](n2cnc3c(N[C@@H]4C[C@@H]5CC[C@H]4C5)ncnc32)[C@H](O)[C@@H]1O. The van der Waals surface area contributed by atoms with Crippen LogP contribution in [0.4, 0.5) is 5.82 Å². The molecule has 4 N–H and O–H groups in total. The summed E-state index contributed by atoms with van der Waals surface area (Å²) in [5, 5.41) is 34.4. The van der Waals surface area contributed by atoms with Crippen LogP contribution in [0.1, 0.15) is 38.8 Å². The van der Waals surface area contributed by atoms with Crippen molar-refractivity contribution >= 4 is 22.9 Å². The Labute approximate surface area is 172 Å². The van der Waals surface area contributed by atoms with Crippen LogP contribution >= 0.6 is 0 Å². The zero-order valence-corrected chi connectivity index (χ0v) is 16.6. The lowest BCUT2D eigenvalue weighted by atomic mass is 9.95. The third-order valence-corrected chi connectivity index (χ3v) is 6.73. The molecule has 0 spiro atoms. The fraction of sp³-hybridized carbons (Fsp3) is 0.684. The second-order valence-electron chi connectivity index (χ2n) is 8.45. The Bertz CT molecular complexity index is 953. The van der Waals surface area contributed by atoms with Gasteiger partial charge in [0.05, 0.1) is 6.33 Å². The Morgan fingerprint density at radius 2 is 2.10 bits per heavy atom. The van der Waals surface area contributed by atoms with Gasteiger partial charge in [-0.1, -0.05) is 6.42 Å². The molecule has 2 saturated carbocycles. The molecule has 11 heteroatoms. The maximum Gasteiger partial charge on any atom is 0.277 e. The number of aliphatic hydroxyl groups excluding tert-OH is 2. The molecule has 1 aliphatic heterocycles. The first kappa shape index (κ1) is 19.6. The molecule has 162 valence electrons. The van der Waals surface area contributed by atoms with Gasteiger partial charge in [-0.2, -0.15) is 0 Å². The third-order valence-electron chi connectivity index (χ3n) is 6.73. The van der Waals surface area contributed by atoms with Gasteiger partial charge in [0.1, 0.15) is 18.5 Å². The number of amides is 1. The summed E-state index contributed by atoms with van der Waals surface area (Å²) in [6, 6.07) is 0.369. The number of imidazole rings is 1. The van der Waals surface area contributed by atoms with Gasteiger partial charge in [0, 0.05) is 12.6 Å². The quantitative estimate of drug-likeness (QED) is 0.397. The van der Waals surface area contributed by atoms with Gasteiger partial charge in [0.25, 0.3) is 5.91 Å². The molecule has 3 aliphatic rings. The van der Waals surface area contributed by atoms with Crippen LogP contribution < -0.4 is 5.32 Å². The van der Waals surface area contributed by atoms with Gasteiger partial charge in [0.2, 0.25) is 0 Å². The van der Waals surface area contributed by atoms with Crippen molar-refractivity contribution in [1.29, 1.82) is 0 Å². The van der Waals surface area contributed by atoms with Crippen LogP contribution in [0.3, 0.4) is 0 Å². The number of aromatic nitrogens is 4. The number of nitrogens with zero attached hydrogens (tertiary/aromatic N) is 5. The fourth-order valence-corrected chi connectivity index (χ4v) is 5.14. The Kier molecular flexibility index (Phi) is 4.85. The Balaban J connectivity index is 1.41. The average molecular weight is 418 g/mol. The molecule has 11 nitrogen and oxygen atoms in total. The summed E-state index contributed by atoms with van der Waals surface area (Å²) in [7, 11) is 0. The molecule has 2 aliphatic carbocycles. The smallest absolute Gasteiger partial charge is 0.277 e. The molecule has 5 rings (SSSR count). The van der Waals surface area contributed by atoms with E-state index in [0.717, 1.165) is 12.3 Å². The highest BCUT2D eigenvalue weighted by Gasteiger charge is 2.49. The summed E-state index contributed by atoms with van der Waals surface area (Å²) in [5.41, 5.74) is 0.967. The molecule has 2 bridgehead atoms. The van der Waals surface area contributed by atoms with Gasteiger partial charge in [-0.15, -0.1) is 0 Å². The minimum absolute atomic E-state index is 0.0332. The summed E-state index contributed by atoms with van der Waals surface area (Å²) >= 11 is 0. The van der Waals surface area contributed by atoms with Gasteiger partial charge in [-0.25, -0.2) is 20.0 Å². The second-order valence-corrected chi connectivity index (χ2v) is 8.45. The van der Waals surface area contributed by atoms with Gasteiger partial charge < -0.3 is 20.3 Å². The van der Waals surface area contributed by atoms with Crippen molar-refractivity contribution in [2.45, 2.75) is 63.2 Å². The Morgan fingerprint density at radius 3 is 2.80 bits per heavy atom. The van der Waals surface area contributed by atoms with E-state index in [-0.39, 0.29) is 6.54 Å². The first-order valence-electron chi connectivity index (χ1n) is 10.4. The zero-order valence-electron chi connectivity index (χ0n) is 16.6. The Hall–Kier alpha value is -2.34. The second kappa shape index (κ2) is 7.41. The summed E-state index contributed by atoms with van der Waals surface area (Å²) in [5.74, 6) is 1.26. The molecular weight excluding hydrogens is 392 g/mol. The molecule has 7 atom stereocenters. The van der Waals surface area contributed by atoms with E-state index in [4.69, 9.17) is 4.74 Å². The summed E-state index contributed by atoms with van der Waals surface area (Å²) in [6.07, 6.45) is 2.46. The first-order chi connectivity index (χ1) is 14.5. The Morgan fingerprint density at radius 1 is 1.27 bits per heavy atom. The molecule has 2 aromatic heterocycles. The number of fused-ring (bicyclic) bond motifs is 3. The highest BCUT2D eigenvalue weighted by atomic mass is 16.6. The number of hydrogen-bond donors (Lipinski definition) is 4. The van der Waals surface area contributed by atoms with Gasteiger partial charge >= 0.3 is 0 Å². The molecular formula is C19H26N6O5. The van der Waals surface area contributed by atoms with E-state index >= 15 is 0 Å². The summed E-state index contributed by atoms with van der Waals surface area (Å²) < 4.78 is 7.11. The largest absolute Gasteiger partial charge is 0.387 e. The number of aliphatic hydroxyl groups is 2. The van der Waals surface area contributed by atoms with E-state index in [1.54, 1.807) is 6.92 Å². The van der Waals surface area contributed by atoms with Crippen molar-refractivity contribution < 1.29 is 25.0 Å². The summed E-state index contributed by atoms with van der Waals surface area (Å²) in [4.78, 5) is 25.3. The molecule has 3 heterocycles. The maximum absolute atomic E-state index is 12.2. The lowest BCUT2D eigenvalue weighted by molar-refractivity contribution is -0.181. The van der Waals surface area contributed by atoms with Gasteiger partial charge in [0.15, 0.2) is 29.3 Å². The van der Waals surface area contributed by atoms with Crippen LogP contribution in [-0.2, 0) is 9.53 Å². The van der Waals surface area contributed by atoms with Crippen LogP contribution in [0.25, 0.3) is 11.2 Å². The van der Waals surface area contributed by atoms with Crippen LogP contribution in [0, 0.1) is 11.8 Å². The van der Waals surface area contributed by atoms with E-state index < -0.39 is 30.4 Å². The van der Waals surface area contributed by atoms with Crippen molar-refractivity contribution in [2.75, 3.05) is 11.9 Å². The lowest BCUT2D eigenvalue weighted by Gasteiger charge is -2.23. The summed E-state index contributed by atoms with van der Waals surface area (Å²) in [6.45, 7) is 1.61. The predicted molar refractivity (Wildman–Crippen MR) is 103 cm³/mol. The standard InChI is InChI=1S/C19H26N6O5/c1-2-25(29)18(28)15-13(26)14(27)19(30-15)24-8-22-12-16(20-7-21-17(12)24)23-11-6-9-3-4-10(11)5-9/h7-11,13-15,19,26-27,29H,2-6H2,1H3,(H,20,21,23)/t9-,10+,11-,13+,14-,15+,19-/m1/s1. The van der Waals surface area contributed by atoms with Crippen LogP contribution in [-0.4, -0.2) is 76.8 Å². The molecule has 0 radical (unpaired) electrons. The van der Waals surface area contributed by atoms with E-state index in [1.807, 2.05) is 0 Å². The molecule has 1 amide bonds. The minimum Gasteiger partial charge on any atom is -0.387 e. The van der Waals surface area contributed by atoms with Gasteiger partial charge in [-0.3, -0.25) is 14.6 Å². The normalized spacial score (nSPS) is 35.3. The van der Waals surface area contributed by atoms with Crippen molar-refractivity contribution in [3.63, 3.8) is 0 Å². The van der Waals surface area contributed by atoms with Crippen molar-refractivity contribution in [3.05, 3.63) is 12.7 Å².